The van der Waals surface area contributed by atoms with E-state index in [0.717, 1.165) is 0 Å². The average molecular weight is 424 g/mol. The number of para-hydroxylation sites is 1. The van der Waals surface area contributed by atoms with Crippen LogP contribution < -0.4 is 10.9 Å². The molecule has 0 unspecified atom stereocenters. The van der Waals surface area contributed by atoms with Crippen molar-refractivity contribution in [3.05, 3.63) is 74.3 Å². The van der Waals surface area contributed by atoms with E-state index in [2.05, 4.69) is 10.3 Å². The zero-order valence-corrected chi connectivity index (χ0v) is 17.0. The summed E-state index contributed by atoms with van der Waals surface area (Å²) in [5.41, 5.74) is 0.767. The van der Waals surface area contributed by atoms with Crippen LogP contribution in [0.25, 0.3) is 10.9 Å². The molecule has 31 heavy (non-hydrogen) atoms. The van der Waals surface area contributed by atoms with Crippen LogP contribution in [-0.4, -0.2) is 33.0 Å². The Hall–Kier alpha value is -4.08. The van der Waals surface area contributed by atoms with Gasteiger partial charge in [0.2, 0.25) is 0 Å². The van der Waals surface area contributed by atoms with Gasteiger partial charge in [-0.05, 0) is 30.7 Å². The molecule has 0 radical (unpaired) electrons. The molecule has 0 saturated heterocycles. The number of ether oxygens (including phenoxy) is 1. The van der Waals surface area contributed by atoms with Crippen molar-refractivity contribution < 1.29 is 19.2 Å². The fourth-order valence-corrected chi connectivity index (χ4v) is 3.00. The van der Waals surface area contributed by atoms with Gasteiger partial charge in [-0.1, -0.05) is 18.2 Å². The molecule has 0 fully saturated rings. The molecule has 0 aliphatic carbocycles. The van der Waals surface area contributed by atoms with Crippen molar-refractivity contribution in [3.63, 3.8) is 0 Å². The summed E-state index contributed by atoms with van der Waals surface area (Å²) >= 11 is 0. The highest BCUT2D eigenvalue weighted by Gasteiger charge is 2.17. The summed E-state index contributed by atoms with van der Waals surface area (Å²) in [5.74, 6) is -0.937. The number of nitrogens with one attached hydrogen (secondary N) is 1. The zero-order valence-electron chi connectivity index (χ0n) is 17.0. The standard InChI is InChI=1S/C21H20N4O6/c1-13-7-8-16(17(11-13)25(29)30)23-19(26)12-31-20(27)10-9-18-22-15-6-4-3-5-14(15)21(28)24(18)2/h3-8,11H,9-10,12H2,1-2H3,(H,23,26). The SMILES string of the molecule is Cc1ccc(NC(=O)COC(=O)CCc2nc3ccccc3c(=O)n2C)c([N+](=O)[O-])c1. The van der Waals surface area contributed by atoms with Crippen molar-refractivity contribution in [2.45, 2.75) is 19.8 Å². The second-order valence-electron chi connectivity index (χ2n) is 6.90. The third kappa shape index (κ3) is 5.10. The number of anilines is 1. The van der Waals surface area contributed by atoms with Crippen LogP contribution in [0, 0.1) is 17.0 Å². The van der Waals surface area contributed by atoms with E-state index >= 15 is 0 Å². The highest BCUT2D eigenvalue weighted by Crippen LogP contribution is 2.25. The molecule has 0 atom stereocenters. The average Bonchev–Trinajstić information content (AvgIpc) is 2.75. The lowest BCUT2D eigenvalue weighted by Gasteiger charge is -2.10. The minimum absolute atomic E-state index is 0.0204. The molecule has 1 aromatic heterocycles. The molecular formula is C21H20N4O6. The number of hydrogen-bond donors (Lipinski definition) is 1. The molecular weight excluding hydrogens is 404 g/mol. The van der Waals surface area contributed by atoms with Crippen molar-refractivity contribution >= 4 is 34.2 Å². The number of fused-ring (bicyclic) bond motifs is 1. The fourth-order valence-electron chi connectivity index (χ4n) is 3.00. The number of amides is 1. The molecule has 0 aliphatic heterocycles. The first-order valence-electron chi connectivity index (χ1n) is 9.41. The molecule has 2 aromatic carbocycles. The number of carbonyl (C=O) groups excluding carboxylic acids is 2. The van der Waals surface area contributed by atoms with Gasteiger partial charge in [0, 0.05) is 19.5 Å². The van der Waals surface area contributed by atoms with Gasteiger partial charge in [-0.3, -0.25) is 29.1 Å². The van der Waals surface area contributed by atoms with Gasteiger partial charge in [-0.15, -0.1) is 0 Å². The largest absolute Gasteiger partial charge is 0.456 e. The van der Waals surface area contributed by atoms with Crippen LogP contribution >= 0.6 is 0 Å². The van der Waals surface area contributed by atoms with Crippen molar-refractivity contribution in [2.75, 3.05) is 11.9 Å². The number of carbonyl (C=O) groups is 2. The molecule has 0 aliphatic rings. The first-order chi connectivity index (χ1) is 14.8. The fraction of sp³-hybridized carbons (Fsp3) is 0.238. The molecule has 1 amide bonds. The second-order valence-corrected chi connectivity index (χ2v) is 6.90. The number of benzene rings is 2. The van der Waals surface area contributed by atoms with Crippen LogP contribution in [0.3, 0.4) is 0 Å². The maximum absolute atomic E-state index is 12.4. The molecule has 1 N–H and O–H groups in total. The zero-order chi connectivity index (χ0) is 22.5. The van der Waals surface area contributed by atoms with Crippen molar-refractivity contribution in [1.82, 2.24) is 9.55 Å². The summed E-state index contributed by atoms with van der Waals surface area (Å²) in [4.78, 5) is 51.4. The van der Waals surface area contributed by atoms with E-state index in [1.165, 1.54) is 16.7 Å². The maximum Gasteiger partial charge on any atom is 0.306 e. The molecule has 3 rings (SSSR count). The predicted octanol–water partition coefficient (Wildman–Crippen LogP) is 2.26. The van der Waals surface area contributed by atoms with Crippen LogP contribution in [-0.2, 0) is 27.8 Å². The minimum Gasteiger partial charge on any atom is -0.456 e. The Balaban J connectivity index is 1.57. The third-order valence-corrected chi connectivity index (χ3v) is 4.62. The number of aryl methyl sites for hydroxylation is 2. The Bertz CT molecular complexity index is 1230. The van der Waals surface area contributed by atoms with Gasteiger partial charge in [-0.2, -0.15) is 0 Å². The summed E-state index contributed by atoms with van der Waals surface area (Å²) in [6.45, 7) is 1.11. The summed E-state index contributed by atoms with van der Waals surface area (Å²) in [6, 6.07) is 11.3. The molecule has 0 saturated carbocycles. The highest BCUT2D eigenvalue weighted by molar-refractivity contribution is 5.94. The lowest BCUT2D eigenvalue weighted by Crippen LogP contribution is -2.24. The molecule has 10 nitrogen and oxygen atoms in total. The Morgan fingerprint density at radius 3 is 2.71 bits per heavy atom. The van der Waals surface area contributed by atoms with Gasteiger partial charge in [0.1, 0.15) is 11.5 Å². The summed E-state index contributed by atoms with van der Waals surface area (Å²) in [7, 11) is 1.57. The number of nitro benzene ring substituents is 1. The van der Waals surface area contributed by atoms with E-state index in [1.54, 1.807) is 44.3 Å². The number of esters is 1. The van der Waals surface area contributed by atoms with Crippen LogP contribution in [0.5, 0.6) is 0 Å². The number of nitrogens with zero attached hydrogens (tertiary/aromatic N) is 3. The monoisotopic (exact) mass is 424 g/mol. The maximum atomic E-state index is 12.4. The Morgan fingerprint density at radius 1 is 1.23 bits per heavy atom. The van der Waals surface area contributed by atoms with Gasteiger partial charge in [0.15, 0.2) is 6.61 Å². The molecule has 0 bridgehead atoms. The van der Waals surface area contributed by atoms with Crippen LogP contribution in [0.15, 0.2) is 47.3 Å². The lowest BCUT2D eigenvalue weighted by atomic mass is 10.2. The van der Waals surface area contributed by atoms with E-state index in [9.17, 15) is 24.5 Å². The molecule has 10 heteroatoms. The lowest BCUT2D eigenvalue weighted by molar-refractivity contribution is -0.384. The third-order valence-electron chi connectivity index (χ3n) is 4.62. The van der Waals surface area contributed by atoms with Gasteiger partial charge in [-0.25, -0.2) is 4.98 Å². The first-order valence-corrected chi connectivity index (χ1v) is 9.41. The quantitative estimate of drug-likeness (QED) is 0.349. The van der Waals surface area contributed by atoms with E-state index < -0.39 is 23.4 Å². The molecule has 160 valence electrons. The van der Waals surface area contributed by atoms with Crippen molar-refractivity contribution in [3.8, 4) is 0 Å². The Kier molecular flexibility index (Phi) is 6.39. The molecule has 1 heterocycles. The number of hydrogen-bond acceptors (Lipinski definition) is 7. The molecule has 0 spiro atoms. The van der Waals surface area contributed by atoms with Crippen LogP contribution in [0.4, 0.5) is 11.4 Å². The topological polar surface area (TPSA) is 133 Å². The van der Waals surface area contributed by atoms with Gasteiger partial charge >= 0.3 is 5.97 Å². The smallest absolute Gasteiger partial charge is 0.306 e. The summed E-state index contributed by atoms with van der Waals surface area (Å²) in [5, 5.41) is 14.0. The normalized spacial score (nSPS) is 10.6. The van der Waals surface area contributed by atoms with E-state index in [0.29, 0.717) is 22.3 Å². The van der Waals surface area contributed by atoms with Crippen LogP contribution in [0.2, 0.25) is 0 Å². The van der Waals surface area contributed by atoms with Gasteiger partial charge in [0.05, 0.1) is 22.2 Å². The minimum atomic E-state index is -0.698. The van der Waals surface area contributed by atoms with Crippen molar-refractivity contribution in [1.29, 1.82) is 0 Å². The predicted molar refractivity (Wildman–Crippen MR) is 113 cm³/mol. The Labute approximate surface area is 176 Å². The first kappa shape index (κ1) is 21.6. The van der Waals surface area contributed by atoms with E-state index in [4.69, 9.17) is 4.74 Å². The summed E-state index contributed by atoms with van der Waals surface area (Å²) in [6.07, 6.45) is 0.0665. The van der Waals surface area contributed by atoms with E-state index in [-0.39, 0.29) is 29.8 Å². The van der Waals surface area contributed by atoms with Crippen LogP contribution in [0.1, 0.15) is 17.8 Å². The number of rotatable bonds is 7. The van der Waals surface area contributed by atoms with Crippen molar-refractivity contribution in [2.24, 2.45) is 7.05 Å². The summed E-state index contributed by atoms with van der Waals surface area (Å²) < 4.78 is 6.32. The molecule has 3 aromatic rings. The number of nitro groups is 1. The van der Waals surface area contributed by atoms with E-state index in [1.807, 2.05) is 0 Å². The Morgan fingerprint density at radius 2 is 1.97 bits per heavy atom. The highest BCUT2D eigenvalue weighted by atomic mass is 16.6. The number of aromatic nitrogens is 2. The van der Waals surface area contributed by atoms with Gasteiger partial charge in [0.25, 0.3) is 17.2 Å². The van der Waals surface area contributed by atoms with Gasteiger partial charge < -0.3 is 10.1 Å². The second kappa shape index (κ2) is 9.16.